The lowest BCUT2D eigenvalue weighted by molar-refractivity contribution is -0.202. The Hall–Kier alpha value is 0.137. The Morgan fingerprint density at radius 1 is 0.929 bits per heavy atom. The van der Waals surface area contributed by atoms with Gasteiger partial charge in [0.1, 0.15) is 5.91 Å². The first-order valence-corrected chi connectivity index (χ1v) is 6.73. The van der Waals surface area contributed by atoms with E-state index in [0.717, 1.165) is 23.1 Å². The molecular formula is C11H26O2Si. The molecule has 0 spiro atoms. The zero-order valence-electron chi connectivity index (χ0n) is 10.8. The minimum atomic E-state index is -0.0593. The Morgan fingerprint density at radius 3 is 1.43 bits per heavy atom. The topological polar surface area (TPSA) is 18.5 Å². The van der Waals surface area contributed by atoms with Crippen molar-refractivity contribution >= 4 is 10.2 Å². The van der Waals surface area contributed by atoms with Crippen molar-refractivity contribution in [2.75, 3.05) is 0 Å². The molecule has 0 bridgehead atoms. The Labute approximate surface area is 91.8 Å². The smallest absolute Gasteiger partial charge is 0.132 e. The van der Waals surface area contributed by atoms with E-state index in [1.807, 2.05) is 0 Å². The van der Waals surface area contributed by atoms with Gasteiger partial charge in [-0.1, -0.05) is 13.8 Å². The van der Waals surface area contributed by atoms with Crippen LogP contribution in [0.25, 0.3) is 0 Å². The fourth-order valence-corrected chi connectivity index (χ4v) is 2.37. The Bertz CT molecular complexity index is 149. The van der Waals surface area contributed by atoms with Crippen molar-refractivity contribution in [1.29, 1.82) is 0 Å². The number of hydrogen-bond acceptors (Lipinski definition) is 2. The van der Waals surface area contributed by atoms with Gasteiger partial charge in [-0.2, -0.15) is 0 Å². The average Bonchev–Trinajstić information content (AvgIpc) is 2.02. The molecule has 0 heterocycles. The minimum absolute atomic E-state index is 0.0000926. The molecule has 0 radical (unpaired) electrons. The molecule has 0 aliphatic rings. The molecular weight excluding hydrogens is 192 g/mol. The molecule has 0 saturated carbocycles. The summed E-state index contributed by atoms with van der Waals surface area (Å²) in [7, 11) is 0.916. The fraction of sp³-hybridized carbons (Fsp3) is 1.00. The molecule has 0 amide bonds. The van der Waals surface area contributed by atoms with Crippen LogP contribution in [0.4, 0.5) is 0 Å². The van der Waals surface area contributed by atoms with Crippen LogP contribution in [0.5, 0.6) is 0 Å². The summed E-state index contributed by atoms with van der Waals surface area (Å²) >= 11 is 0. The van der Waals surface area contributed by atoms with Crippen LogP contribution in [0, 0.1) is 0 Å². The highest BCUT2D eigenvalue weighted by Crippen LogP contribution is 2.20. The first kappa shape index (κ1) is 14.1. The van der Waals surface area contributed by atoms with E-state index in [1.54, 1.807) is 0 Å². The van der Waals surface area contributed by atoms with Crippen LogP contribution in [0.15, 0.2) is 0 Å². The van der Waals surface area contributed by atoms with Gasteiger partial charge in [0.2, 0.25) is 0 Å². The zero-order valence-corrected chi connectivity index (χ0v) is 12.8. The summed E-state index contributed by atoms with van der Waals surface area (Å²) in [6.45, 7) is 12.7. The third-order valence-corrected chi connectivity index (χ3v) is 3.14. The molecule has 3 heteroatoms. The van der Waals surface area contributed by atoms with E-state index in [0.29, 0.717) is 0 Å². The van der Waals surface area contributed by atoms with Crippen molar-refractivity contribution in [3.63, 3.8) is 0 Å². The minimum Gasteiger partial charge on any atom is -0.352 e. The highest BCUT2D eigenvalue weighted by Gasteiger charge is 2.24. The van der Waals surface area contributed by atoms with Gasteiger partial charge in [0.15, 0.2) is 0 Å². The van der Waals surface area contributed by atoms with Gasteiger partial charge in [0, 0.05) is 0 Å². The van der Waals surface area contributed by atoms with E-state index in [4.69, 9.17) is 9.47 Å². The maximum Gasteiger partial charge on any atom is 0.132 e. The number of ether oxygens (including phenoxy) is 2. The third kappa shape index (κ3) is 5.78. The standard InChI is InChI=1S/C11H26O2Si/c1-7-10(3,4)12-9(14)13-11(5,6)8-2/h9H,7-8H2,1-6,14H3. The van der Waals surface area contributed by atoms with Crippen molar-refractivity contribution in [3.05, 3.63) is 0 Å². The van der Waals surface area contributed by atoms with Gasteiger partial charge in [-0.05, 0) is 40.5 Å². The van der Waals surface area contributed by atoms with Crippen LogP contribution >= 0.6 is 0 Å². The van der Waals surface area contributed by atoms with Gasteiger partial charge in [-0.25, -0.2) is 0 Å². The van der Waals surface area contributed by atoms with Crippen LogP contribution in [0.2, 0.25) is 0 Å². The lowest BCUT2D eigenvalue weighted by Crippen LogP contribution is -2.37. The highest BCUT2D eigenvalue weighted by atomic mass is 28.1. The second-order valence-electron chi connectivity index (χ2n) is 5.03. The summed E-state index contributed by atoms with van der Waals surface area (Å²) in [5.74, 6) is -0.0000926. The Morgan fingerprint density at radius 2 is 1.21 bits per heavy atom. The number of rotatable bonds is 6. The average molecular weight is 218 g/mol. The van der Waals surface area contributed by atoms with E-state index in [9.17, 15) is 0 Å². The molecule has 0 aliphatic carbocycles. The first-order valence-electron chi connectivity index (χ1n) is 5.58. The van der Waals surface area contributed by atoms with E-state index >= 15 is 0 Å². The van der Waals surface area contributed by atoms with Crippen LogP contribution < -0.4 is 0 Å². The SMILES string of the molecule is CCC(C)(C)OC([SiH3])OC(C)(C)CC. The predicted molar refractivity (Wildman–Crippen MR) is 64.6 cm³/mol. The Balaban J connectivity index is 4.04. The molecule has 2 nitrogen and oxygen atoms in total. The molecule has 86 valence electrons. The molecule has 0 saturated heterocycles. The zero-order chi connectivity index (χ0) is 11.4. The van der Waals surface area contributed by atoms with Gasteiger partial charge in [0.05, 0.1) is 21.4 Å². The summed E-state index contributed by atoms with van der Waals surface area (Å²) in [6, 6.07) is 0. The highest BCUT2D eigenvalue weighted by molar-refractivity contribution is 6.10. The van der Waals surface area contributed by atoms with Gasteiger partial charge in [-0.15, -0.1) is 0 Å². The van der Waals surface area contributed by atoms with E-state index in [2.05, 4.69) is 41.5 Å². The van der Waals surface area contributed by atoms with Crippen molar-refractivity contribution in [2.24, 2.45) is 0 Å². The summed E-state index contributed by atoms with van der Waals surface area (Å²) in [4.78, 5) is 0. The second kappa shape index (κ2) is 5.28. The maximum absolute atomic E-state index is 5.86. The Kier molecular flexibility index (Phi) is 5.34. The summed E-state index contributed by atoms with van der Waals surface area (Å²) in [5.41, 5.74) is -0.119. The second-order valence-corrected chi connectivity index (χ2v) is 5.97. The lowest BCUT2D eigenvalue weighted by atomic mass is 10.1. The van der Waals surface area contributed by atoms with Crippen LogP contribution in [-0.2, 0) is 9.47 Å². The van der Waals surface area contributed by atoms with Crippen LogP contribution in [-0.4, -0.2) is 27.4 Å². The summed E-state index contributed by atoms with van der Waals surface area (Å²) in [6.07, 6.45) is 2.03. The van der Waals surface area contributed by atoms with Crippen molar-refractivity contribution in [2.45, 2.75) is 71.5 Å². The molecule has 0 N–H and O–H groups in total. The molecule has 0 aromatic carbocycles. The molecule has 0 atom stereocenters. The summed E-state index contributed by atoms with van der Waals surface area (Å²) < 4.78 is 11.7. The van der Waals surface area contributed by atoms with Gasteiger partial charge < -0.3 is 9.47 Å². The van der Waals surface area contributed by atoms with Crippen molar-refractivity contribution in [1.82, 2.24) is 0 Å². The maximum atomic E-state index is 5.86. The molecule has 0 aromatic rings. The summed E-state index contributed by atoms with van der Waals surface area (Å²) in [5, 5.41) is 0. The molecule has 0 fully saturated rings. The fourth-order valence-electron chi connectivity index (χ4n) is 1.09. The molecule has 0 rings (SSSR count). The van der Waals surface area contributed by atoms with Gasteiger partial charge in [-0.3, -0.25) is 0 Å². The molecule has 0 aromatic heterocycles. The van der Waals surface area contributed by atoms with Gasteiger partial charge in [0.25, 0.3) is 0 Å². The number of hydrogen-bond donors (Lipinski definition) is 0. The quantitative estimate of drug-likeness (QED) is 0.502. The van der Waals surface area contributed by atoms with Crippen molar-refractivity contribution in [3.8, 4) is 0 Å². The van der Waals surface area contributed by atoms with E-state index in [1.165, 1.54) is 0 Å². The predicted octanol–water partition coefficient (Wildman–Crippen LogP) is 2.05. The third-order valence-electron chi connectivity index (χ3n) is 2.67. The van der Waals surface area contributed by atoms with Crippen LogP contribution in [0.3, 0.4) is 0 Å². The normalized spacial score (nSPS) is 13.9. The van der Waals surface area contributed by atoms with Gasteiger partial charge >= 0.3 is 0 Å². The largest absolute Gasteiger partial charge is 0.352 e. The van der Waals surface area contributed by atoms with Crippen molar-refractivity contribution < 1.29 is 9.47 Å². The van der Waals surface area contributed by atoms with Crippen LogP contribution in [0.1, 0.15) is 54.4 Å². The van der Waals surface area contributed by atoms with E-state index in [-0.39, 0.29) is 17.1 Å². The molecule has 14 heavy (non-hydrogen) atoms. The monoisotopic (exact) mass is 218 g/mol. The molecule has 0 unspecified atom stereocenters. The lowest BCUT2D eigenvalue weighted by Gasteiger charge is -2.33. The van der Waals surface area contributed by atoms with E-state index < -0.39 is 0 Å². The first-order chi connectivity index (χ1) is 6.22. The molecule has 0 aliphatic heterocycles.